The Bertz CT molecular complexity index is 552. The average molecular weight is 328 g/mol. The minimum Gasteiger partial charge on any atom is -0.461 e. The van der Waals surface area contributed by atoms with Crippen molar-refractivity contribution >= 4 is 29.6 Å². The molecule has 2 heterocycles. The normalized spacial score (nSPS) is 24.6. The summed E-state index contributed by atoms with van der Waals surface area (Å²) in [6.07, 6.45) is 0. The molecule has 0 aliphatic carbocycles. The Morgan fingerprint density at radius 1 is 1.41 bits per heavy atom. The number of amides is 1. The zero-order valence-corrected chi connectivity index (χ0v) is 13.9. The van der Waals surface area contributed by atoms with Crippen LogP contribution in [0.1, 0.15) is 27.7 Å². The van der Waals surface area contributed by atoms with Crippen LogP contribution in [-0.2, 0) is 23.9 Å². The summed E-state index contributed by atoms with van der Waals surface area (Å²) >= 11 is 1.45. The van der Waals surface area contributed by atoms with Gasteiger partial charge in [-0.15, -0.1) is 11.8 Å². The maximum absolute atomic E-state index is 12.4. The van der Waals surface area contributed by atoms with Gasteiger partial charge in [-0.2, -0.15) is 0 Å². The Morgan fingerprint density at radius 3 is 2.59 bits per heavy atom. The molecule has 0 spiro atoms. The van der Waals surface area contributed by atoms with Crippen LogP contribution in [0.25, 0.3) is 0 Å². The van der Waals surface area contributed by atoms with Crippen LogP contribution in [0.5, 0.6) is 0 Å². The van der Waals surface area contributed by atoms with Crippen molar-refractivity contribution in [3.63, 3.8) is 0 Å². The largest absolute Gasteiger partial charge is 0.461 e. The van der Waals surface area contributed by atoms with Gasteiger partial charge in [0.15, 0.2) is 0 Å². The standard InChI is InChI=1S/C14H20N2O5S/c1-7(17)20-5-8-6-22-12-9(15)11(18)16(12)10(8)13(19)21-14(2,3)4/h9,12H,5-6,15H2,1-4H3/t9?,12-/m0/s1. The number of carbonyl (C=O) groups is 3. The van der Waals surface area contributed by atoms with Gasteiger partial charge in [0.2, 0.25) is 5.91 Å². The monoisotopic (exact) mass is 328 g/mol. The molecule has 0 aromatic heterocycles. The molecule has 0 saturated carbocycles. The van der Waals surface area contributed by atoms with Crippen LogP contribution in [0, 0.1) is 0 Å². The van der Waals surface area contributed by atoms with Gasteiger partial charge < -0.3 is 15.2 Å². The minimum absolute atomic E-state index is 0.0390. The molecule has 1 amide bonds. The molecular weight excluding hydrogens is 308 g/mol. The third kappa shape index (κ3) is 3.27. The summed E-state index contributed by atoms with van der Waals surface area (Å²) in [6.45, 7) is 6.49. The Morgan fingerprint density at radius 2 is 2.05 bits per heavy atom. The molecule has 1 saturated heterocycles. The number of ether oxygens (including phenoxy) is 2. The van der Waals surface area contributed by atoms with Gasteiger partial charge in [0.05, 0.1) is 0 Å². The van der Waals surface area contributed by atoms with E-state index in [0.29, 0.717) is 11.3 Å². The molecule has 1 unspecified atom stereocenters. The van der Waals surface area contributed by atoms with Gasteiger partial charge in [-0.05, 0) is 20.8 Å². The quantitative estimate of drug-likeness (QED) is 0.591. The second-order valence-corrected chi connectivity index (χ2v) is 7.27. The lowest BCUT2D eigenvalue weighted by Gasteiger charge is -2.48. The summed E-state index contributed by atoms with van der Waals surface area (Å²) in [7, 11) is 0. The van der Waals surface area contributed by atoms with E-state index in [1.54, 1.807) is 20.8 Å². The van der Waals surface area contributed by atoms with Crippen LogP contribution in [0.3, 0.4) is 0 Å². The van der Waals surface area contributed by atoms with Crippen molar-refractivity contribution in [3.05, 3.63) is 11.3 Å². The number of thioether (sulfide) groups is 1. The summed E-state index contributed by atoms with van der Waals surface area (Å²) < 4.78 is 10.3. The number of nitrogens with zero attached hydrogens (tertiary/aromatic N) is 1. The van der Waals surface area contributed by atoms with Crippen molar-refractivity contribution in [2.45, 2.75) is 44.7 Å². The summed E-state index contributed by atoms with van der Waals surface area (Å²) in [5.41, 5.74) is 5.79. The van der Waals surface area contributed by atoms with Crippen molar-refractivity contribution in [1.29, 1.82) is 0 Å². The Labute approximate surface area is 133 Å². The smallest absolute Gasteiger partial charge is 0.355 e. The number of esters is 2. The van der Waals surface area contributed by atoms with Crippen molar-refractivity contribution in [2.75, 3.05) is 12.4 Å². The molecule has 0 radical (unpaired) electrons. The average Bonchev–Trinajstić information content (AvgIpc) is 2.41. The first kappa shape index (κ1) is 16.8. The fraction of sp³-hybridized carbons (Fsp3) is 0.643. The molecule has 1 fully saturated rings. The number of fused-ring (bicyclic) bond motifs is 1. The van der Waals surface area contributed by atoms with Crippen molar-refractivity contribution in [3.8, 4) is 0 Å². The first-order valence-electron chi connectivity index (χ1n) is 6.91. The zero-order chi connectivity index (χ0) is 16.7. The van der Waals surface area contributed by atoms with E-state index in [1.165, 1.54) is 23.6 Å². The lowest BCUT2D eigenvalue weighted by molar-refractivity contribution is -0.158. The van der Waals surface area contributed by atoms with Crippen molar-refractivity contribution in [1.82, 2.24) is 4.90 Å². The highest BCUT2D eigenvalue weighted by atomic mass is 32.2. The van der Waals surface area contributed by atoms with E-state index in [4.69, 9.17) is 15.2 Å². The SMILES string of the molecule is CC(=O)OCC1=C(C(=O)OC(C)(C)C)N2C(=O)C(N)[C@@H]2SC1. The molecule has 2 aliphatic rings. The molecule has 122 valence electrons. The lowest BCUT2D eigenvalue weighted by Crippen LogP contribution is -2.68. The second kappa shape index (κ2) is 5.92. The molecule has 2 N–H and O–H groups in total. The number of hydrogen-bond donors (Lipinski definition) is 1. The van der Waals surface area contributed by atoms with E-state index in [1.807, 2.05) is 0 Å². The van der Waals surface area contributed by atoms with E-state index in [9.17, 15) is 14.4 Å². The number of β-lactam (4-membered cyclic amide) rings is 1. The van der Waals surface area contributed by atoms with Crippen molar-refractivity contribution < 1.29 is 23.9 Å². The fourth-order valence-electron chi connectivity index (χ4n) is 2.19. The first-order valence-corrected chi connectivity index (χ1v) is 7.95. The molecule has 8 heteroatoms. The van der Waals surface area contributed by atoms with Crippen LogP contribution < -0.4 is 5.73 Å². The van der Waals surface area contributed by atoms with Gasteiger partial charge in [0, 0.05) is 18.2 Å². The Hall–Kier alpha value is -1.54. The summed E-state index contributed by atoms with van der Waals surface area (Å²) in [4.78, 5) is 36.8. The van der Waals surface area contributed by atoms with E-state index < -0.39 is 23.6 Å². The van der Waals surface area contributed by atoms with Crippen LogP contribution in [0.2, 0.25) is 0 Å². The highest BCUT2D eigenvalue weighted by Crippen LogP contribution is 2.40. The third-order valence-electron chi connectivity index (χ3n) is 3.13. The molecule has 0 aromatic carbocycles. The van der Waals surface area contributed by atoms with E-state index in [0.717, 1.165) is 0 Å². The molecule has 7 nitrogen and oxygen atoms in total. The van der Waals surface area contributed by atoms with Crippen LogP contribution >= 0.6 is 11.8 Å². The predicted molar refractivity (Wildman–Crippen MR) is 80.6 cm³/mol. The summed E-state index contributed by atoms with van der Waals surface area (Å²) in [5.74, 6) is -0.905. The second-order valence-electron chi connectivity index (χ2n) is 6.17. The molecule has 22 heavy (non-hydrogen) atoms. The van der Waals surface area contributed by atoms with Crippen molar-refractivity contribution in [2.24, 2.45) is 5.73 Å². The number of rotatable bonds is 3. The molecular formula is C14H20N2O5S. The van der Waals surface area contributed by atoms with Gasteiger partial charge in [-0.3, -0.25) is 14.5 Å². The number of carbonyl (C=O) groups excluding carboxylic acids is 3. The third-order valence-corrected chi connectivity index (χ3v) is 4.49. The van der Waals surface area contributed by atoms with Crippen LogP contribution in [-0.4, -0.2) is 52.1 Å². The highest BCUT2D eigenvalue weighted by molar-refractivity contribution is 8.00. The van der Waals surface area contributed by atoms with Gasteiger partial charge in [-0.1, -0.05) is 0 Å². The first-order chi connectivity index (χ1) is 10.1. The van der Waals surface area contributed by atoms with Gasteiger partial charge in [0.25, 0.3) is 0 Å². The number of hydrogen-bond acceptors (Lipinski definition) is 7. The summed E-state index contributed by atoms with van der Waals surface area (Å²) in [5, 5.41) is -0.268. The van der Waals surface area contributed by atoms with Gasteiger partial charge in [-0.25, -0.2) is 4.79 Å². The maximum atomic E-state index is 12.4. The lowest BCUT2D eigenvalue weighted by atomic mass is 10.0. The van der Waals surface area contributed by atoms with E-state index in [-0.39, 0.29) is 23.6 Å². The Balaban J connectivity index is 2.30. The predicted octanol–water partition coefficient (Wildman–Crippen LogP) is 0.388. The molecule has 2 rings (SSSR count). The van der Waals surface area contributed by atoms with Gasteiger partial charge in [0.1, 0.15) is 29.3 Å². The molecule has 0 aromatic rings. The number of nitrogens with two attached hydrogens (primary N) is 1. The molecule has 2 atom stereocenters. The zero-order valence-electron chi connectivity index (χ0n) is 13.0. The Kier molecular flexibility index (Phi) is 4.53. The molecule has 0 bridgehead atoms. The minimum atomic E-state index is -0.688. The highest BCUT2D eigenvalue weighted by Gasteiger charge is 2.52. The molecule has 2 aliphatic heterocycles. The van der Waals surface area contributed by atoms with Crippen LogP contribution in [0.15, 0.2) is 11.3 Å². The van der Waals surface area contributed by atoms with Crippen LogP contribution in [0.4, 0.5) is 0 Å². The topological polar surface area (TPSA) is 98.9 Å². The van der Waals surface area contributed by atoms with Gasteiger partial charge >= 0.3 is 11.9 Å². The van der Waals surface area contributed by atoms with E-state index >= 15 is 0 Å². The summed E-state index contributed by atoms with van der Waals surface area (Å²) in [6, 6.07) is -0.613. The fourth-order valence-corrected chi connectivity index (χ4v) is 3.47. The maximum Gasteiger partial charge on any atom is 0.355 e. The van der Waals surface area contributed by atoms with E-state index in [2.05, 4.69) is 0 Å².